The molecule has 0 aliphatic carbocycles. The molecule has 0 aromatic carbocycles. The summed E-state index contributed by atoms with van der Waals surface area (Å²) in [4.78, 5) is 14.3. The lowest BCUT2D eigenvalue weighted by molar-refractivity contribution is 0.0706. The monoisotopic (exact) mass is 153 g/mol. The Hall–Kier alpha value is -1.62. The standard InChI is InChI=1S/C6H7N3O2/c7-5-2-1-4(3-8-5)6(10)9-11/h1-3,11H,(H2,7,8)(H,9,10). The molecule has 1 amide bonds. The normalized spacial score (nSPS) is 9.18. The molecular weight excluding hydrogens is 146 g/mol. The van der Waals surface area contributed by atoms with E-state index in [4.69, 9.17) is 10.9 Å². The zero-order valence-electron chi connectivity index (χ0n) is 5.61. The second kappa shape index (κ2) is 2.98. The van der Waals surface area contributed by atoms with Gasteiger partial charge in [0, 0.05) is 6.20 Å². The lowest BCUT2D eigenvalue weighted by Crippen LogP contribution is -2.18. The van der Waals surface area contributed by atoms with E-state index in [0.717, 1.165) is 0 Å². The molecule has 0 unspecified atom stereocenters. The first-order valence-corrected chi connectivity index (χ1v) is 2.90. The SMILES string of the molecule is Nc1ccc(C(=O)NO)cn1. The van der Waals surface area contributed by atoms with Gasteiger partial charge in [-0.1, -0.05) is 0 Å². The van der Waals surface area contributed by atoms with Crippen molar-refractivity contribution in [1.29, 1.82) is 0 Å². The molecule has 4 N–H and O–H groups in total. The number of anilines is 1. The van der Waals surface area contributed by atoms with Crippen LogP contribution in [0.15, 0.2) is 18.3 Å². The zero-order valence-corrected chi connectivity index (χ0v) is 5.61. The van der Waals surface area contributed by atoms with Gasteiger partial charge in [0.15, 0.2) is 0 Å². The Bertz CT molecular complexity index is 257. The van der Waals surface area contributed by atoms with Crippen molar-refractivity contribution >= 4 is 11.7 Å². The van der Waals surface area contributed by atoms with Gasteiger partial charge in [-0.05, 0) is 12.1 Å². The molecule has 0 aliphatic rings. The van der Waals surface area contributed by atoms with Crippen molar-refractivity contribution in [3.63, 3.8) is 0 Å². The van der Waals surface area contributed by atoms with Crippen molar-refractivity contribution in [3.8, 4) is 0 Å². The molecule has 58 valence electrons. The van der Waals surface area contributed by atoms with Gasteiger partial charge in [-0.2, -0.15) is 0 Å². The van der Waals surface area contributed by atoms with E-state index in [1.807, 2.05) is 0 Å². The lowest BCUT2D eigenvalue weighted by Gasteiger charge is -1.96. The van der Waals surface area contributed by atoms with Gasteiger partial charge in [-0.15, -0.1) is 0 Å². The minimum Gasteiger partial charge on any atom is -0.384 e. The van der Waals surface area contributed by atoms with Crippen LogP contribution < -0.4 is 11.2 Å². The van der Waals surface area contributed by atoms with E-state index in [2.05, 4.69) is 4.98 Å². The quantitative estimate of drug-likeness (QED) is 0.384. The molecule has 1 heterocycles. The van der Waals surface area contributed by atoms with Gasteiger partial charge in [-0.3, -0.25) is 10.0 Å². The fourth-order valence-corrected chi connectivity index (χ4v) is 0.604. The number of amides is 1. The second-order valence-electron chi connectivity index (χ2n) is 1.91. The van der Waals surface area contributed by atoms with Gasteiger partial charge in [0.1, 0.15) is 5.82 Å². The van der Waals surface area contributed by atoms with Crippen LogP contribution in [0.2, 0.25) is 0 Å². The van der Waals surface area contributed by atoms with Crippen LogP contribution in [0.1, 0.15) is 10.4 Å². The number of hydrogen-bond donors (Lipinski definition) is 3. The van der Waals surface area contributed by atoms with Crippen molar-refractivity contribution in [3.05, 3.63) is 23.9 Å². The summed E-state index contributed by atoms with van der Waals surface area (Å²) in [6, 6.07) is 2.94. The van der Waals surface area contributed by atoms with E-state index in [0.29, 0.717) is 5.82 Å². The highest BCUT2D eigenvalue weighted by Crippen LogP contribution is 1.99. The highest BCUT2D eigenvalue weighted by molar-refractivity contribution is 5.93. The highest BCUT2D eigenvalue weighted by Gasteiger charge is 2.02. The van der Waals surface area contributed by atoms with E-state index in [1.54, 1.807) is 0 Å². The van der Waals surface area contributed by atoms with Crippen LogP contribution in [0.4, 0.5) is 5.82 Å². The largest absolute Gasteiger partial charge is 0.384 e. The molecule has 0 saturated carbocycles. The summed E-state index contributed by atoms with van der Waals surface area (Å²) in [5.74, 6) is -0.267. The molecule has 0 spiro atoms. The molecule has 1 aromatic rings. The molecule has 11 heavy (non-hydrogen) atoms. The predicted molar refractivity (Wildman–Crippen MR) is 37.9 cm³/mol. The van der Waals surface area contributed by atoms with Crippen LogP contribution in [0.25, 0.3) is 0 Å². The van der Waals surface area contributed by atoms with E-state index < -0.39 is 5.91 Å². The van der Waals surface area contributed by atoms with Crippen LogP contribution in [-0.2, 0) is 0 Å². The number of nitrogens with two attached hydrogens (primary N) is 1. The van der Waals surface area contributed by atoms with Crippen LogP contribution in [-0.4, -0.2) is 16.1 Å². The number of nitrogen functional groups attached to an aromatic ring is 1. The number of nitrogens with zero attached hydrogens (tertiary/aromatic N) is 1. The van der Waals surface area contributed by atoms with Gasteiger partial charge in [0.2, 0.25) is 0 Å². The number of carbonyl (C=O) groups is 1. The second-order valence-corrected chi connectivity index (χ2v) is 1.91. The van der Waals surface area contributed by atoms with Crippen molar-refractivity contribution in [2.24, 2.45) is 0 Å². The number of carbonyl (C=O) groups excluding carboxylic acids is 1. The van der Waals surface area contributed by atoms with Crippen molar-refractivity contribution in [1.82, 2.24) is 10.5 Å². The Labute approximate surface area is 62.8 Å². The van der Waals surface area contributed by atoms with Gasteiger partial charge in [-0.25, -0.2) is 10.5 Å². The number of hydrogen-bond acceptors (Lipinski definition) is 4. The molecule has 0 aliphatic heterocycles. The van der Waals surface area contributed by atoms with Gasteiger partial charge in [0.25, 0.3) is 5.91 Å². The molecule has 5 nitrogen and oxygen atoms in total. The maximum Gasteiger partial charge on any atom is 0.276 e. The summed E-state index contributed by atoms with van der Waals surface area (Å²) in [5, 5.41) is 8.20. The van der Waals surface area contributed by atoms with E-state index in [-0.39, 0.29) is 5.56 Å². The summed E-state index contributed by atoms with van der Waals surface area (Å²) >= 11 is 0. The number of aromatic nitrogens is 1. The number of nitrogens with one attached hydrogen (secondary N) is 1. The first-order valence-electron chi connectivity index (χ1n) is 2.90. The third-order valence-electron chi connectivity index (χ3n) is 1.15. The maximum atomic E-state index is 10.7. The Balaban J connectivity index is 2.90. The third kappa shape index (κ3) is 1.65. The number of rotatable bonds is 1. The fourth-order valence-electron chi connectivity index (χ4n) is 0.604. The molecule has 0 radical (unpaired) electrons. The minimum absolute atomic E-state index is 0.265. The molecular formula is C6H7N3O2. The van der Waals surface area contributed by atoms with E-state index in [1.165, 1.54) is 23.8 Å². The molecule has 0 bridgehead atoms. The summed E-state index contributed by atoms with van der Waals surface area (Å²) in [6.45, 7) is 0. The Morgan fingerprint density at radius 3 is 2.82 bits per heavy atom. The van der Waals surface area contributed by atoms with E-state index in [9.17, 15) is 4.79 Å². The van der Waals surface area contributed by atoms with Crippen LogP contribution in [0.3, 0.4) is 0 Å². The van der Waals surface area contributed by atoms with Crippen molar-refractivity contribution in [2.75, 3.05) is 5.73 Å². The van der Waals surface area contributed by atoms with Gasteiger partial charge >= 0.3 is 0 Å². The van der Waals surface area contributed by atoms with Crippen molar-refractivity contribution in [2.45, 2.75) is 0 Å². The molecule has 5 heteroatoms. The Morgan fingerprint density at radius 1 is 1.64 bits per heavy atom. The van der Waals surface area contributed by atoms with Crippen LogP contribution in [0.5, 0.6) is 0 Å². The number of hydroxylamine groups is 1. The maximum absolute atomic E-state index is 10.7. The third-order valence-corrected chi connectivity index (χ3v) is 1.15. The van der Waals surface area contributed by atoms with Gasteiger partial charge < -0.3 is 5.73 Å². The Kier molecular flexibility index (Phi) is 2.03. The summed E-state index contributed by atoms with van der Waals surface area (Å²) in [7, 11) is 0. The highest BCUT2D eigenvalue weighted by atomic mass is 16.5. The fraction of sp³-hybridized carbons (Fsp3) is 0. The van der Waals surface area contributed by atoms with E-state index >= 15 is 0 Å². The molecule has 1 aromatic heterocycles. The van der Waals surface area contributed by atoms with Crippen molar-refractivity contribution < 1.29 is 10.0 Å². The molecule has 0 fully saturated rings. The van der Waals surface area contributed by atoms with Crippen LogP contribution >= 0.6 is 0 Å². The molecule has 0 atom stereocenters. The zero-order chi connectivity index (χ0) is 8.27. The molecule has 0 saturated heterocycles. The van der Waals surface area contributed by atoms with Crippen LogP contribution in [0, 0.1) is 0 Å². The average Bonchev–Trinajstić information content (AvgIpc) is 2.05. The lowest BCUT2D eigenvalue weighted by atomic mass is 10.3. The average molecular weight is 153 g/mol. The van der Waals surface area contributed by atoms with Gasteiger partial charge in [0.05, 0.1) is 5.56 Å². The first kappa shape index (κ1) is 7.49. The summed E-state index contributed by atoms with van der Waals surface area (Å²) in [5.41, 5.74) is 7.01. The predicted octanol–water partition coefficient (Wildman–Crippen LogP) is -0.217. The minimum atomic E-state index is -0.600. The first-order chi connectivity index (χ1) is 5.24. The summed E-state index contributed by atoms with van der Waals surface area (Å²) in [6.07, 6.45) is 1.28. The molecule has 1 rings (SSSR count). The number of pyridine rings is 1. The summed E-state index contributed by atoms with van der Waals surface area (Å²) < 4.78 is 0. The smallest absolute Gasteiger partial charge is 0.276 e. The Morgan fingerprint density at radius 2 is 2.36 bits per heavy atom. The topological polar surface area (TPSA) is 88.2 Å².